The first-order valence-electron chi connectivity index (χ1n) is 8.20. The van der Waals surface area contributed by atoms with E-state index in [1.54, 1.807) is 6.07 Å². The van der Waals surface area contributed by atoms with E-state index in [2.05, 4.69) is 23.5 Å². The Kier molecular flexibility index (Phi) is 3.86. The summed E-state index contributed by atoms with van der Waals surface area (Å²) in [5.41, 5.74) is 3.18. The molecule has 0 bridgehead atoms. The molecule has 25 heavy (non-hydrogen) atoms. The van der Waals surface area contributed by atoms with E-state index in [0.717, 1.165) is 29.8 Å². The number of aromatic hydroxyl groups is 1. The Morgan fingerprint density at radius 3 is 2.60 bits per heavy atom. The Bertz CT molecular complexity index is 1040. The van der Waals surface area contributed by atoms with Crippen molar-refractivity contribution in [1.29, 1.82) is 0 Å². The van der Waals surface area contributed by atoms with Crippen molar-refractivity contribution in [3.63, 3.8) is 0 Å². The molecule has 1 aromatic heterocycles. The third-order valence-electron chi connectivity index (χ3n) is 4.16. The lowest BCUT2D eigenvalue weighted by atomic mass is 10.1. The average molecular weight is 331 g/mol. The smallest absolute Gasteiger partial charge is 0.193 e. The van der Waals surface area contributed by atoms with Gasteiger partial charge in [-0.2, -0.15) is 0 Å². The van der Waals surface area contributed by atoms with Crippen molar-refractivity contribution >= 4 is 16.7 Å². The second-order valence-electron chi connectivity index (χ2n) is 6.00. The van der Waals surface area contributed by atoms with Crippen molar-refractivity contribution in [2.75, 3.05) is 5.32 Å². The monoisotopic (exact) mass is 331 g/mol. The molecule has 2 N–H and O–H groups in total. The van der Waals surface area contributed by atoms with Crippen LogP contribution in [0.2, 0.25) is 0 Å². The van der Waals surface area contributed by atoms with Gasteiger partial charge in [0.1, 0.15) is 17.1 Å². The van der Waals surface area contributed by atoms with Gasteiger partial charge in [0.2, 0.25) is 0 Å². The molecule has 4 heteroatoms. The lowest BCUT2D eigenvalue weighted by Gasteiger charge is -2.11. The maximum absolute atomic E-state index is 12.3. The summed E-state index contributed by atoms with van der Waals surface area (Å²) in [7, 11) is 0. The molecule has 0 saturated carbocycles. The average Bonchev–Trinajstić information content (AvgIpc) is 2.64. The van der Waals surface area contributed by atoms with Crippen LogP contribution < -0.4 is 10.7 Å². The highest BCUT2D eigenvalue weighted by molar-refractivity contribution is 5.80. The number of allylic oxidation sites excluding steroid dienone is 3. The lowest BCUT2D eigenvalue weighted by molar-refractivity contribution is 0.475. The quantitative estimate of drug-likeness (QED) is 0.723. The second-order valence-corrected chi connectivity index (χ2v) is 6.00. The highest BCUT2D eigenvalue weighted by Crippen LogP contribution is 2.26. The number of phenolic OH excluding ortho intramolecular Hbond substituents is 1. The fourth-order valence-corrected chi connectivity index (χ4v) is 2.88. The predicted octanol–water partition coefficient (Wildman–Crippen LogP) is 4.81. The number of hydrogen-bond donors (Lipinski definition) is 2. The highest BCUT2D eigenvalue weighted by Gasteiger charge is 2.08. The zero-order valence-electron chi connectivity index (χ0n) is 13.5. The van der Waals surface area contributed by atoms with Gasteiger partial charge >= 0.3 is 0 Å². The van der Waals surface area contributed by atoms with E-state index in [4.69, 9.17) is 4.42 Å². The first kappa shape index (κ1) is 15.3. The van der Waals surface area contributed by atoms with Gasteiger partial charge in [0.25, 0.3) is 0 Å². The Morgan fingerprint density at radius 1 is 1.00 bits per heavy atom. The highest BCUT2D eigenvalue weighted by atomic mass is 16.3. The van der Waals surface area contributed by atoms with Gasteiger partial charge in [0.15, 0.2) is 5.43 Å². The van der Waals surface area contributed by atoms with Crippen LogP contribution in [-0.2, 0) is 0 Å². The summed E-state index contributed by atoms with van der Waals surface area (Å²) in [6.45, 7) is 0. The van der Waals surface area contributed by atoms with E-state index in [1.807, 2.05) is 24.3 Å². The van der Waals surface area contributed by atoms with Crippen molar-refractivity contribution in [3.8, 4) is 17.1 Å². The summed E-state index contributed by atoms with van der Waals surface area (Å²) >= 11 is 0. The number of anilines is 1. The molecule has 2 aromatic carbocycles. The Morgan fingerprint density at radius 2 is 1.84 bits per heavy atom. The van der Waals surface area contributed by atoms with Crippen LogP contribution in [0.4, 0.5) is 5.69 Å². The molecule has 4 rings (SSSR count). The summed E-state index contributed by atoms with van der Waals surface area (Å²) in [4.78, 5) is 12.3. The Hall–Kier alpha value is -3.27. The van der Waals surface area contributed by atoms with Crippen molar-refractivity contribution in [3.05, 3.63) is 82.7 Å². The maximum Gasteiger partial charge on any atom is 0.193 e. The van der Waals surface area contributed by atoms with Crippen LogP contribution in [0.3, 0.4) is 0 Å². The van der Waals surface area contributed by atoms with E-state index in [-0.39, 0.29) is 11.2 Å². The molecule has 0 fully saturated rings. The Balaban J connectivity index is 1.64. The lowest BCUT2D eigenvalue weighted by Crippen LogP contribution is -2.00. The molecule has 4 nitrogen and oxygen atoms in total. The molecule has 0 unspecified atom stereocenters. The van der Waals surface area contributed by atoms with Gasteiger partial charge in [-0.25, -0.2) is 0 Å². The molecule has 0 atom stereocenters. The number of benzene rings is 2. The fourth-order valence-electron chi connectivity index (χ4n) is 2.88. The predicted molar refractivity (Wildman–Crippen MR) is 99.7 cm³/mol. The number of phenols is 1. The molecule has 0 saturated heterocycles. The summed E-state index contributed by atoms with van der Waals surface area (Å²) in [6.07, 6.45) is 8.54. The third kappa shape index (κ3) is 3.19. The van der Waals surface area contributed by atoms with Crippen LogP contribution in [0.1, 0.15) is 12.8 Å². The van der Waals surface area contributed by atoms with Crippen molar-refractivity contribution < 1.29 is 9.52 Å². The summed E-state index contributed by atoms with van der Waals surface area (Å²) in [5.74, 6) is 0.556. The normalized spacial score (nSPS) is 13.7. The molecular weight excluding hydrogens is 314 g/mol. The zero-order chi connectivity index (χ0) is 17.2. The number of nitrogens with one attached hydrogen (secondary N) is 1. The zero-order valence-corrected chi connectivity index (χ0v) is 13.5. The summed E-state index contributed by atoms with van der Waals surface area (Å²) in [6, 6.07) is 13.7. The van der Waals surface area contributed by atoms with Crippen LogP contribution in [-0.4, -0.2) is 5.11 Å². The van der Waals surface area contributed by atoms with Gasteiger partial charge in [-0.3, -0.25) is 4.79 Å². The standard InChI is InChI=1S/C21H17NO3/c23-17-10-11-20-18(12-17)19(24)13-21(25-20)14-6-8-16(9-7-14)22-15-4-2-1-3-5-15/h2,4-13,22-23H,1,3H2. The maximum atomic E-state index is 12.3. The summed E-state index contributed by atoms with van der Waals surface area (Å²) < 4.78 is 5.82. The van der Waals surface area contributed by atoms with Crippen molar-refractivity contribution in [2.45, 2.75) is 12.8 Å². The van der Waals surface area contributed by atoms with Gasteiger partial charge in [-0.05, 0) is 61.4 Å². The topological polar surface area (TPSA) is 62.5 Å². The van der Waals surface area contributed by atoms with Gasteiger partial charge in [0, 0.05) is 23.0 Å². The molecule has 1 heterocycles. The molecule has 0 amide bonds. The SMILES string of the molecule is O=c1cc(-c2ccc(NC3=CCCC=C3)cc2)oc2ccc(O)cc12. The molecule has 0 radical (unpaired) electrons. The van der Waals surface area contributed by atoms with Gasteiger partial charge < -0.3 is 14.8 Å². The van der Waals surface area contributed by atoms with Crippen molar-refractivity contribution in [1.82, 2.24) is 0 Å². The third-order valence-corrected chi connectivity index (χ3v) is 4.16. The first-order chi connectivity index (χ1) is 12.2. The van der Waals surface area contributed by atoms with E-state index < -0.39 is 0 Å². The summed E-state index contributed by atoms with van der Waals surface area (Å²) in [5, 5.41) is 13.2. The minimum atomic E-state index is -0.174. The van der Waals surface area contributed by atoms with Gasteiger partial charge in [-0.15, -0.1) is 0 Å². The largest absolute Gasteiger partial charge is 0.508 e. The minimum absolute atomic E-state index is 0.0500. The first-order valence-corrected chi connectivity index (χ1v) is 8.20. The molecular formula is C21H17NO3. The van der Waals surface area contributed by atoms with Crippen LogP contribution >= 0.6 is 0 Å². The Labute approximate surface area is 144 Å². The van der Waals surface area contributed by atoms with E-state index >= 15 is 0 Å². The van der Waals surface area contributed by atoms with E-state index in [1.165, 1.54) is 18.2 Å². The van der Waals surface area contributed by atoms with Gasteiger partial charge in [0.05, 0.1) is 5.39 Å². The number of fused-ring (bicyclic) bond motifs is 1. The van der Waals surface area contributed by atoms with E-state index in [0.29, 0.717) is 16.7 Å². The van der Waals surface area contributed by atoms with Gasteiger partial charge in [-0.1, -0.05) is 12.2 Å². The molecule has 0 aliphatic heterocycles. The molecule has 3 aromatic rings. The van der Waals surface area contributed by atoms with Crippen LogP contribution in [0.25, 0.3) is 22.3 Å². The second kappa shape index (κ2) is 6.32. The number of rotatable bonds is 3. The van der Waals surface area contributed by atoms with Crippen LogP contribution in [0, 0.1) is 0 Å². The minimum Gasteiger partial charge on any atom is -0.508 e. The van der Waals surface area contributed by atoms with Crippen LogP contribution in [0.15, 0.2) is 81.7 Å². The van der Waals surface area contributed by atoms with E-state index in [9.17, 15) is 9.90 Å². The molecule has 0 spiro atoms. The molecule has 1 aliphatic carbocycles. The molecule has 124 valence electrons. The fraction of sp³-hybridized carbons (Fsp3) is 0.0952. The number of hydrogen-bond acceptors (Lipinski definition) is 4. The van der Waals surface area contributed by atoms with Crippen molar-refractivity contribution in [2.24, 2.45) is 0 Å². The van der Waals surface area contributed by atoms with Crippen LogP contribution in [0.5, 0.6) is 5.75 Å². The molecule has 1 aliphatic rings.